The zero-order valence-electron chi connectivity index (χ0n) is 12.2. The Balaban J connectivity index is 2.30. The molecule has 1 rings (SSSR count). The van der Waals surface area contributed by atoms with Gasteiger partial charge in [0, 0.05) is 17.0 Å². The van der Waals surface area contributed by atoms with Crippen molar-refractivity contribution in [1.29, 1.82) is 0 Å². The lowest BCUT2D eigenvalue weighted by atomic mass is 10.3. The fourth-order valence-electron chi connectivity index (χ4n) is 1.28. The van der Waals surface area contributed by atoms with Gasteiger partial charge in [-0.15, -0.1) is 11.3 Å². The standard InChI is InChI=1S/C14H17BrN2O4S/c1-3-9(2)16-14(20)17-12(18)8-21-13(19)7-5-10-4-6-11(15)22-10/h4-7,9H,3,8H2,1-2H3,(H2,16,17,18,20)/b7-5+/t9-/m1/s1. The Hall–Kier alpha value is -1.67. The van der Waals surface area contributed by atoms with Gasteiger partial charge in [0.05, 0.1) is 3.79 Å². The Morgan fingerprint density at radius 3 is 2.73 bits per heavy atom. The number of imide groups is 1. The van der Waals surface area contributed by atoms with Gasteiger partial charge in [0.25, 0.3) is 5.91 Å². The van der Waals surface area contributed by atoms with Gasteiger partial charge in [0.2, 0.25) is 0 Å². The molecular formula is C14H17BrN2O4S. The summed E-state index contributed by atoms with van der Waals surface area (Å²) in [6.45, 7) is 3.22. The molecule has 8 heteroatoms. The second-order valence-corrected chi connectivity index (χ2v) is 6.91. The smallest absolute Gasteiger partial charge is 0.331 e. The highest BCUT2D eigenvalue weighted by Gasteiger charge is 2.11. The second kappa shape index (κ2) is 9.37. The predicted molar refractivity (Wildman–Crippen MR) is 88.4 cm³/mol. The molecule has 0 saturated carbocycles. The molecule has 22 heavy (non-hydrogen) atoms. The number of thiophene rings is 1. The molecule has 1 aromatic rings. The molecule has 0 unspecified atom stereocenters. The molecule has 0 aliphatic carbocycles. The summed E-state index contributed by atoms with van der Waals surface area (Å²) in [5.41, 5.74) is 0. The Labute approximate surface area is 141 Å². The van der Waals surface area contributed by atoms with Crippen LogP contribution >= 0.6 is 27.3 Å². The molecule has 0 aromatic carbocycles. The minimum absolute atomic E-state index is 0.0385. The lowest BCUT2D eigenvalue weighted by Gasteiger charge is -2.11. The molecule has 1 heterocycles. The molecule has 6 nitrogen and oxygen atoms in total. The number of halogens is 1. The number of hydrogen-bond acceptors (Lipinski definition) is 5. The average Bonchev–Trinajstić information content (AvgIpc) is 2.88. The van der Waals surface area contributed by atoms with Crippen molar-refractivity contribution in [2.24, 2.45) is 0 Å². The maximum atomic E-state index is 11.4. The summed E-state index contributed by atoms with van der Waals surface area (Å²) in [7, 11) is 0. The first-order chi connectivity index (χ1) is 10.4. The molecule has 1 atom stereocenters. The van der Waals surface area contributed by atoms with Gasteiger partial charge in [0.1, 0.15) is 0 Å². The van der Waals surface area contributed by atoms with E-state index in [0.29, 0.717) is 0 Å². The Morgan fingerprint density at radius 1 is 1.41 bits per heavy atom. The number of carbonyl (C=O) groups excluding carboxylic acids is 3. The Bertz CT molecular complexity index is 571. The van der Waals surface area contributed by atoms with Crippen LogP contribution in [-0.4, -0.2) is 30.6 Å². The fourth-order valence-corrected chi connectivity index (χ4v) is 2.60. The number of urea groups is 1. The number of esters is 1. The summed E-state index contributed by atoms with van der Waals surface area (Å²) in [5.74, 6) is -1.33. The third kappa shape index (κ3) is 7.37. The van der Waals surface area contributed by atoms with Crippen molar-refractivity contribution in [3.05, 3.63) is 26.9 Å². The largest absolute Gasteiger partial charge is 0.452 e. The highest BCUT2D eigenvalue weighted by atomic mass is 79.9. The van der Waals surface area contributed by atoms with Gasteiger partial charge in [-0.3, -0.25) is 10.1 Å². The quantitative estimate of drug-likeness (QED) is 0.579. The van der Waals surface area contributed by atoms with Crippen molar-refractivity contribution >= 4 is 51.3 Å². The van der Waals surface area contributed by atoms with Crippen LogP contribution in [0.4, 0.5) is 4.79 Å². The summed E-state index contributed by atoms with van der Waals surface area (Å²) < 4.78 is 5.69. The van der Waals surface area contributed by atoms with E-state index in [-0.39, 0.29) is 6.04 Å². The van der Waals surface area contributed by atoms with Gasteiger partial charge in [-0.05, 0) is 47.5 Å². The maximum absolute atomic E-state index is 11.4. The lowest BCUT2D eigenvalue weighted by molar-refractivity contribution is -0.143. The van der Waals surface area contributed by atoms with Crippen molar-refractivity contribution in [3.63, 3.8) is 0 Å². The van der Waals surface area contributed by atoms with E-state index < -0.39 is 24.5 Å². The molecule has 0 fully saturated rings. The molecule has 0 saturated heterocycles. The van der Waals surface area contributed by atoms with Crippen molar-refractivity contribution in [2.45, 2.75) is 26.3 Å². The van der Waals surface area contributed by atoms with E-state index >= 15 is 0 Å². The van der Waals surface area contributed by atoms with Crippen LogP contribution in [0.15, 0.2) is 22.0 Å². The fraction of sp³-hybridized carbons (Fsp3) is 0.357. The van der Waals surface area contributed by atoms with Crippen LogP contribution in [0.25, 0.3) is 6.08 Å². The number of amides is 3. The Kier molecular flexibility index (Phi) is 7.83. The first-order valence-corrected chi connectivity index (χ1v) is 8.22. The van der Waals surface area contributed by atoms with Gasteiger partial charge >= 0.3 is 12.0 Å². The van der Waals surface area contributed by atoms with Crippen molar-refractivity contribution in [3.8, 4) is 0 Å². The minimum atomic E-state index is -0.679. The SMILES string of the molecule is CC[C@@H](C)NC(=O)NC(=O)COC(=O)/C=C/c1ccc(Br)s1. The molecule has 0 spiro atoms. The number of nitrogens with one attached hydrogen (secondary N) is 2. The lowest BCUT2D eigenvalue weighted by Crippen LogP contribution is -2.44. The zero-order chi connectivity index (χ0) is 16.5. The van der Waals surface area contributed by atoms with Crippen LogP contribution in [0.2, 0.25) is 0 Å². The zero-order valence-corrected chi connectivity index (χ0v) is 14.6. The number of ether oxygens (including phenoxy) is 1. The summed E-state index contributed by atoms with van der Waals surface area (Å²) in [5, 5.41) is 4.65. The topological polar surface area (TPSA) is 84.5 Å². The van der Waals surface area contributed by atoms with Gasteiger partial charge in [-0.25, -0.2) is 9.59 Å². The molecule has 0 radical (unpaired) electrons. The first kappa shape index (κ1) is 18.4. The van der Waals surface area contributed by atoms with Crippen LogP contribution in [0.1, 0.15) is 25.1 Å². The van der Waals surface area contributed by atoms with Crippen LogP contribution in [-0.2, 0) is 14.3 Å². The number of hydrogen-bond donors (Lipinski definition) is 2. The predicted octanol–water partition coefficient (Wildman–Crippen LogP) is 2.69. The minimum Gasteiger partial charge on any atom is -0.452 e. The van der Waals surface area contributed by atoms with Crippen LogP contribution in [0.5, 0.6) is 0 Å². The molecular weight excluding hydrogens is 372 g/mol. The highest BCUT2D eigenvalue weighted by Crippen LogP contribution is 2.22. The van der Waals surface area contributed by atoms with E-state index in [1.807, 2.05) is 26.0 Å². The van der Waals surface area contributed by atoms with Crippen LogP contribution in [0, 0.1) is 0 Å². The second-order valence-electron chi connectivity index (χ2n) is 4.41. The normalized spacial score (nSPS) is 12.0. The third-order valence-corrected chi connectivity index (χ3v) is 4.15. The average molecular weight is 389 g/mol. The monoisotopic (exact) mass is 388 g/mol. The van der Waals surface area contributed by atoms with Crippen molar-refractivity contribution in [2.75, 3.05) is 6.61 Å². The van der Waals surface area contributed by atoms with Gasteiger partial charge in [-0.2, -0.15) is 0 Å². The van der Waals surface area contributed by atoms with E-state index in [9.17, 15) is 14.4 Å². The molecule has 0 aliphatic heterocycles. The Morgan fingerprint density at radius 2 is 2.14 bits per heavy atom. The van der Waals surface area contributed by atoms with E-state index in [1.165, 1.54) is 17.4 Å². The maximum Gasteiger partial charge on any atom is 0.331 e. The van der Waals surface area contributed by atoms with Gasteiger partial charge < -0.3 is 10.1 Å². The van der Waals surface area contributed by atoms with Crippen LogP contribution < -0.4 is 10.6 Å². The van der Waals surface area contributed by atoms with Crippen molar-refractivity contribution < 1.29 is 19.1 Å². The van der Waals surface area contributed by atoms with E-state index in [1.54, 1.807) is 6.08 Å². The molecule has 0 bridgehead atoms. The summed E-state index contributed by atoms with van der Waals surface area (Å²) in [4.78, 5) is 35.1. The molecule has 0 aliphatic rings. The van der Waals surface area contributed by atoms with E-state index in [4.69, 9.17) is 4.74 Å². The van der Waals surface area contributed by atoms with E-state index in [0.717, 1.165) is 15.1 Å². The summed E-state index contributed by atoms with van der Waals surface area (Å²) >= 11 is 4.77. The van der Waals surface area contributed by atoms with Crippen molar-refractivity contribution in [1.82, 2.24) is 10.6 Å². The molecule has 3 amide bonds. The van der Waals surface area contributed by atoms with E-state index in [2.05, 4.69) is 26.6 Å². The molecule has 1 aromatic heterocycles. The third-order valence-electron chi connectivity index (χ3n) is 2.57. The summed E-state index contributed by atoms with van der Waals surface area (Å²) in [6.07, 6.45) is 3.57. The molecule has 120 valence electrons. The first-order valence-electron chi connectivity index (χ1n) is 6.61. The molecule has 2 N–H and O–H groups in total. The summed E-state index contributed by atoms with van der Waals surface area (Å²) in [6, 6.07) is 3.06. The number of carbonyl (C=O) groups is 3. The van der Waals surface area contributed by atoms with Gasteiger partial charge in [-0.1, -0.05) is 6.92 Å². The number of rotatable bonds is 6. The van der Waals surface area contributed by atoms with Crippen LogP contribution in [0.3, 0.4) is 0 Å². The van der Waals surface area contributed by atoms with Gasteiger partial charge in [0.15, 0.2) is 6.61 Å². The highest BCUT2D eigenvalue weighted by molar-refractivity contribution is 9.11.